The Morgan fingerprint density at radius 3 is 2.35 bits per heavy atom. The van der Waals surface area contributed by atoms with Crippen LogP contribution in [-0.2, 0) is 15.7 Å². The topological polar surface area (TPSA) is 81.4 Å². The van der Waals surface area contributed by atoms with E-state index in [1.54, 1.807) is 24.3 Å². The molecule has 20 heavy (non-hydrogen) atoms. The maximum absolute atomic E-state index is 12.0. The van der Waals surface area contributed by atoms with Gasteiger partial charge < -0.3 is 15.6 Å². The first kappa shape index (κ1) is 14.3. The Labute approximate surface area is 117 Å². The second kappa shape index (κ2) is 6.89. The fourth-order valence-electron chi connectivity index (χ4n) is 1.64. The van der Waals surface area contributed by atoms with Crippen LogP contribution >= 0.6 is 8.03 Å². The van der Waals surface area contributed by atoms with Crippen LogP contribution in [0.5, 0.6) is 0 Å². The molecule has 104 valence electrons. The number of hydrogen-bond acceptors (Lipinski definition) is 3. The number of nitrogens with one attached hydrogen (secondary N) is 1. The molecule has 0 fully saturated rings. The van der Waals surface area contributed by atoms with Crippen LogP contribution < -0.4 is 16.4 Å². The van der Waals surface area contributed by atoms with E-state index in [2.05, 4.69) is 5.32 Å². The van der Waals surface area contributed by atoms with E-state index >= 15 is 0 Å². The summed E-state index contributed by atoms with van der Waals surface area (Å²) in [6.07, 6.45) is 0. The molecule has 0 bridgehead atoms. The highest BCUT2D eigenvalue weighted by molar-refractivity contribution is 7.48. The number of amides is 2. The minimum Gasteiger partial charge on any atom is -0.351 e. The lowest BCUT2D eigenvalue weighted by atomic mass is 10.2. The number of benzene rings is 2. The molecular formula is C14H15N2O3P. The molecule has 0 aliphatic carbocycles. The van der Waals surface area contributed by atoms with E-state index in [0.717, 1.165) is 5.56 Å². The zero-order chi connectivity index (χ0) is 14.4. The number of nitrogens with two attached hydrogens (primary N) is 1. The minimum absolute atomic E-state index is 0.305. The average molecular weight is 290 g/mol. The predicted octanol–water partition coefficient (Wildman–Crippen LogP) is 2.49. The lowest BCUT2D eigenvalue weighted by molar-refractivity contribution is 0.259. The summed E-state index contributed by atoms with van der Waals surface area (Å²) in [4.78, 5) is 10.7. The van der Waals surface area contributed by atoms with Crippen molar-refractivity contribution < 1.29 is 13.9 Å². The minimum atomic E-state index is -2.30. The van der Waals surface area contributed by atoms with Crippen molar-refractivity contribution in [3.05, 3.63) is 60.2 Å². The number of rotatable bonds is 5. The molecule has 0 heterocycles. The summed E-state index contributed by atoms with van der Waals surface area (Å²) in [5.74, 6) is 0. The molecule has 1 unspecified atom stereocenters. The van der Waals surface area contributed by atoms with Crippen LogP contribution in [0.25, 0.3) is 0 Å². The fourth-order valence-corrected chi connectivity index (χ4v) is 2.54. The lowest BCUT2D eigenvalue weighted by Crippen LogP contribution is -2.19. The molecule has 0 saturated heterocycles. The normalized spacial score (nSPS) is 11.8. The number of anilines is 1. The molecule has 5 nitrogen and oxygen atoms in total. The zero-order valence-corrected chi connectivity index (χ0v) is 11.7. The highest BCUT2D eigenvalue weighted by Crippen LogP contribution is 2.24. The summed E-state index contributed by atoms with van der Waals surface area (Å²) in [5, 5.41) is 3.03. The van der Waals surface area contributed by atoms with E-state index in [9.17, 15) is 9.36 Å². The van der Waals surface area contributed by atoms with E-state index < -0.39 is 14.1 Å². The van der Waals surface area contributed by atoms with E-state index in [1.165, 1.54) is 0 Å². The van der Waals surface area contributed by atoms with Crippen molar-refractivity contribution in [1.29, 1.82) is 0 Å². The molecule has 3 N–H and O–H groups in total. The van der Waals surface area contributed by atoms with Crippen molar-refractivity contribution in [2.45, 2.75) is 6.61 Å². The van der Waals surface area contributed by atoms with Gasteiger partial charge in [-0.05, 0) is 29.8 Å². The fraction of sp³-hybridized carbons (Fsp3) is 0.0714. The summed E-state index contributed by atoms with van der Waals surface area (Å²) in [7, 11) is -2.30. The molecule has 6 heteroatoms. The van der Waals surface area contributed by atoms with Crippen LogP contribution in [0.4, 0.5) is 10.5 Å². The first-order valence-corrected chi connectivity index (χ1v) is 7.34. The predicted molar refractivity (Wildman–Crippen MR) is 79.5 cm³/mol. The van der Waals surface area contributed by atoms with Gasteiger partial charge in [0.15, 0.2) is 0 Å². The lowest BCUT2D eigenvalue weighted by Gasteiger charge is -2.06. The van der Waals surface area contributed by atoms with Gasteiger partial charge in [0.1, 0.15) is 0 Å². The standard InChI is InChI=1S/C14H15N2O3P/c15-14(17)16-12-6-8-13(9-7-12)20(18)19-10-11-4-2-1-3-5-11/h1-9,20H,10H2,(H3,15,16,17). The van der Waals surface area contributed by atoms with Crippen molar-refractivity contribution in [3.8, 4) is 0 Å². The van der Waals surface area contributed by atoms with Crippen LogP contribution in [0.1, 0.15) is 5.56 Å². The van der Waals surface area contributed by atoms with Gasteiger partial charge in [-0.3, -0.25) is 4.57 Å². The Kier molecular flexibility index (Phi) is 4.93. The van der Waals surface area contributed by atoms with Gasteiger partial charge in [0.05, 0.1) is 6.61 Å². The molecule has 0 aliphatic rings. The van der Waals surface area contributed by atoms with Crippen molar-refractivity contribution in [2.24, 2.45) is 5.73 Å². The Hall–Kier alpha value is -2.10. The van der Waals surface area contributed by atoms with Crippen LogP contribution in [0.15, 0.2) is 54.6 Å². The maximum atomic E-state index is 12.0. The summed E-state index contributed by atoms with van der Waals surface area (Å²) in [6.45, 7) is 0.305. The van der Waals surface area contributed by atoms with E-state index in [-0.39, 0.29) is 0 Å². The van der Waals surface area contributed by atoms with Gasteiger partial charge in [-0.15, -0.1) is 0 Å². The quantitative estimate of drug-likeness (QED) is 0.830. The van der Waals surface area contributed by atoms with Crippen molar-refractivity contribution in [3.63, 3.8) is 0 Å². The molecule has 1 atom stereocenters. The van der Waals surface area contributed by atoms with Crippen molar-refractivity contribution in [2.75, 3.05) is 5.32 Å². The average Bonchev–Trinajstić information content (AvgIpc) is 2.46. The van der Waals surface area contributed by atoms with Gasteiger partial charge in [-0.25, -0.2) is 4.79 Å². The number of urea groups is 1. The molecule has 0 aromatic heterocycles. The van der Waals surface area contributed by atoms with Crippen LogP contribution in [-0.4, -0.2) is 6.03 Å². The Morgan fingerprint density at radius 1 is 1.10 bits per heavy atom. The smallest absolute Gasteiger partial charge is 0.316 e. The number of hydrogen-bond donors (Lipinski definition) is 2. The molecule has 2 aromatic rings. The third-order valence-corrected chi connectivity index (χ3v) is 3.81. The van der Waals surface area contributed by atoms with Gasteiger partial charge in [0.25, 0.3) is 0 Å². The number of carbonyl (C=O) groups is 1. The molecule has 2 aromatic carbocycles. The molecular weight excluding hydrogens is 275 g/mol. The van der Waals surface area contributed by atoms with Gasteiger partial charge in [0, 0.05) is 11.0 Å². The molecule has 2 amide bonds. The van der Waals surface area contributed by atoms with Crippen molar-refractivity contribution in [1.82, 2.24) is 0 Å². The summed E-state index contributed by atoms with van der Waals surface area (Å²) in [5.41, 5.74) is 6.53. The maximum Gasteiger partial charge on any atom is 0.316 e. The Balaban J connectivity index is 1.94. The molecule has 0 spiro atoms. The van der Waals surface area contributed by atoms with Crippen LogP contribution in [0.2, 0.25) is 0 Å². The van der Waals surface area contributed by atoms with E-state index in [0.29, 0.717) is 17.6 Å². The third-order valence-electron chi connectivity index (χ3n) is 2.60. The first-order chi connectivity index (χ1) is 9.65. The third kappa shape index (κ3) is 4.23. The first-order valence-electron chi connectivity index (χ1n) is 6.03. The zero-order valence-electron chi connectivity index (χ0n) is 10.7. The largest absolute Gasteiger partial charge is 0.351 e. The molecule has 0 saturated carbocycles. The van der Waals surface area contributed by atoms with Gasteiger partial charge in [-0.1, -0.05) is 30.3 Å². The summed E-state index contributed by atoms with van der Waals surface area (Å²) < 4.78 is 17.4. The van der Waals surface area contributed by atoms with E-state index in [1.807, 2.05) is 30.3 Å². The highest BCUT2D eigenvalue weighted by atomic mass is 31.1. The highest BCUT2D eigenvalue weighted by Gasteiger charge is 2.05. The Morgan fingerprint density at radius 2 is 1.75 bits per heavy atom. The number of primary amides is 1. The van der Waals surface area contributed by atoms with Gasteiger partial charge in [-0.2, -0.15) is 0 Å². The summed E-state index contributed by atoms with van der Waals surface area (Å²) in [6, 6.07) is 15.5. The van der Waals surface area contributed by atoms with Gasteiger partial charge in [0.2, 0.25) is 8.03 Å². The SMILES string of the molecule is NC(=O)Nc1ccc([PH](=O)OCc2ccccc2)cc1. The van der Waals surface area contributed by atoms with Crippen LogP contribution in [0.3, 0.4) is 0 Å². The van der Waals surface area contributed by atoms with Crippen molar-refractivity contribution >= 4 is 25.1 Å². The van der Waals surface area contributed by atoms with Gasteiger partial charge >= 0.3 is 6.03 Å². The monoisotopic (exact) mass is 290 g/mol. The van der Waals surface area contributed by atoms with E-state index in [4.69, 9.17) is 10.3 Å². The number of carbonyl (C=O) groups excluding carboxylic acids is 1. The Bertz CT molecular complexity index is 600. The second-order valence-electron chi connectivity index (χ2n) is 4.13. The summed E-state index contributed by atoms with van der Waals surface area (Å²) >= 11 is 0. The molecule has 2 rings (SSSR count). The molecule has 0 aliphatic heterocycles. The van der Waals surface area contributed by atoms with Crippen LogP contribution in [0, 0.1) is 0 Å². The second-order valence-corrected chi connectivity index (χ2v) is 5.57. The molecule has 0 radical (unpaired) electrons.